The van der Waals surface area contributed by atoms with Crippen LogP contribution in [0.4, 0.5) is 18.9 Å². The van der Waals surface area contributed by atoms with Crippen LogP contribution in [0, 0.1) is 11.3 Å². The van der Waals surface area contributed by atoms with Gasteiger partial charge in [0, 0.05) is 19.1 Å². The van der Waals surface area contributed by atoms with Crippen molar-refractivity contribution in [2.75, 3.05) is 18.1 Å². The monoisotopic (exact) mass is 552 g/mol. The number of nitrogens with one attached hydrogen (secondary N) is 1. The average Bonchev–Trinajstić information content (AvgIpc) is 2.99. The highest BCUT2D eigenvalue weighted by Gasteiger charge is 2.49. The number of benzene rings is 2. The van der Waals surface area contributed by atoms with E-state index in [9.17, 15) is 18.0 Å². The maximum Gasteiger partial charge on any atom is 0.417 e. The summed E-state index contributed by atoms with van der Waals surface area (Å²) in [4.78, 5) is 15.9. The Balaban J connectivity index is 1.68. The second-order valence-corrected chi connectivity index (χ2v) is 10.2. The Hall–Kier alpha value is -2.87. The normalized spacial score (nSPS) is 15.5. The molecule has 0 aliphatic carbocycles. The fourth-order valence-electron chi connectivity index (χ4n) is 3.94. The van der Waals surface area contributed by atoms with Crippen molar-refractivity contribution >= 4 is 40.5 Å². The zero-order chi connectivity index (χ0) is 27.5. The van der Waals surface area contributed by atoms with E-state index in [1.54, 1.807) is 24.8 Å². The minimum atomic E-state index is -4.75. The van der Waals surface area contributed by atoms with Crippen molar-refractivity contribution in [3.63, 3.8) is 0 Å². The number of hydrogen-bond donors (Lipinski definition) is 1. The molecule has 1 aliphatic heterocycles. The number of nitrogens with zero attached hydrogens (tertiary/aromatic N) is 3. The standard InChI is InChI=1S/C26H28ClF3N4O2S/c1-16(2)32-15-17-6-9-22(21(27)12-17)36-11-5-10-33-24(37)34(23(35)25(33,3)4)19-8-7-18(14-31)20(13-19)26(28,29)30/h6-9,12-13,16,32H,5,10-11,15H2,1-4H3. The van der Waals surface area contributed by atoms with Crippen LogP contribution in [0.1, 0.15) is 50.8 Å². The fourth-order valence-corrected chi connectivity index (χ4v) is 4.71. The Morgan fingerprint density at radius 1 is 1.22 bits per heavy atom. The van der Waals surface area contributed by atoms with Crippen LogP contribution in [0.2, 0.25) is 5.02 Å². The topological polar surface area (TPSA) is 68.6 Å². The van der Waals surface area contributed by atoms with E-state index in [-0.39, 0.29) is 10.8 Å². The Labute approximate surface area is 224 Å². The molecule has 198 valence electrons. The van der Waals surface area contributed by atoms with Crippen molar-refractivity contribution in [3.05, 3.63) is 58.1 Å². The summed E-state index contributed by atoms with van der Waals surface area (Å²) in [6, 6.07) is 10.6. The molecule has 3 rings (SSSR count). The van der Waals surface area contributed by atoms with Crippen LogP contribution >= 0.6 is 23.8 Å². The molecule has 2 aromatic carbocycles. The molecule has 2 aromatic rings. The van der Waals surface area contributed by atoms with Crippen molar-refractivity contribution in [1.82, 2.24) is 10.2 Å². The zero-order valence-corrected chi connectivity index (χ0v) is 22.5. The summed E-state index contributed by atoms with van der Waals surface area (Å²) < 4.78 is 46.2. The highest BCUT2D eigenvalue weighted by Crippen LogP contribution is 2.38. The summed E-state index contributed by atoms with van der Waals surface area (Å²) in [5.41, 5.74) is -1.72. The van der Waals surface area contributed by atoms with Crippen LogP contribution in [0.25, 0.3) is 0 Å². The van der Waals surface area contributed by atoms with Crippen LogP contribution in [-0.4, -0.2) is 40.7 Å². The van der Waals surface area contributed by atoms with Crippen molar-refractivity contribution in [3.8, 4) is 11.8 Å². The number of ether oxygens (including phenoxy) is 1. The van der Waals surface area contributed by atoms with Gasteiger partial charge in [-0.15, -0.1) is 0 Å². The summed E-state index contributed by atoms with van der Waals surface area (Å²) in [5, 5.41) is 13.0. The van der Waals surface area contributed by atoms with Crippen LogP contribution in [-0.2, 0) is 17.5 Å². The van der Waals surface area contributed by atoms with Gasteiger partial charge in [-0.25, -0.2) is 0 Å². The number of halogens is 4. The van der Waals surface area contributed by atoms with Crippen LogP contribution in [0.5, 0.6) is 5.75 Å². The number of nitriles is 1. The number of amides is 1. The zero-order valence-electron chi connectivity index (χ0n) is 20.9. The van der Waals surface area contributed by atoms with E-state index in [0.29, 0.717) is 42.9 Å². The summed E-state index contributed by atoms with van der Waals surface area (Å²) in [5.74, 6) is 0.0816. The maximum atomic E-state index is 13.5. The smallest absolute Gasteiger partial charge is 0.417 e. The first kappa shape index (κ1) is 28.7. The van der Waals surface area contributed by atoms with Gasteiger partial charge in [0.2, 0.25) is 0 Å². The first-order valence-corrected chi connectivity index (χ1v) is 12.5. The SMILES string of the molecule is CC(C)NCc1ccc(OCCCN2C(=S)N(c3ccc(C#N)c(C(F)(F)F)c3)C(=O)C2(C)C)c(Cl)c1. The van der Waals surface area contributed by atoms with Gasteiger partial charge in [-0.05, 0) is 68.4 Å². The lowest BCUT2D eigenvalue weighted by Crippen LogP contribution is -2.44. The van der Waals surface area contributed by atoms with E-state index >= 15 is 0 Å². The Kier molecular flexibility index (Phi) is 8.73. The number of hydrogen-bond acceptors (Lipinski definition) is 5. The van der Waals surface area contributed by atoms with Crippen LogP contribution < -0.4 is 15.0 Å². The van der Waals surface area contributed by atoms with Gasteiger partial charge in [0.15, 0.2) is 5.11 Å². The molecule has 11 heteroatoms. The van der Waals surface area contributed by atoms with E-state index in [2.05, 4.69) is 19.2 Å². The molecular weight excluding hydrogens is 525 g/mol. The average molecular weight is 553 g/mol. The third-order valence-electron chi connectivity index (χ3n) is 6.01. The number of alkyl halides is 3. The lowest BCUT2D eigenvalue weighted by Gasteiger charge is -2.29. The molecule has 0 radical (unpaired) electrons. The molecule has 37 heavy (non-hydrogen) atoms. The molecule has 1 aliphatic rings. The second kappa shape index (κ2) is 11.3. The van der Waals surface area contributed by atoms with Gasteiger partial charge in [0.25, 0.3) is 5.91 Å². The highest BCUT2D eigenvalue weighted by molar-refractivity contribution is 7.80. The van der Waals surface area contributed by atoms with Gasteiger partial charge in [-0.2, -0.15) is 18.4 Å². The van der Waals surface area contributed by atoms with E-state index in [1.807, 2.05) is 12.1 Å². The van der Waals surface area contributed by atoms with Crippen LogP contribution in [0.15, 0.2) is 36.4 Å². The fraction of sp³-hybridized carbons (Fsp3) is 0.423. The van der Waals surface area contributed by atoms with E-state index in [0.717, 1.165) is 22.6 Å². The van der Waals surface area contributed by atoms with Crippen molar-refractivity contribution < 1.29 is 22.7 Å². The minimum Gasteiger partial charge on any atom is -0.492 e. The largest absolute Gasteiger partial charge is 0.492 e. The van der Waals surface area contributed by atoms with Gasteiger partial charge in [-0.1, -0.05) is 31.5 Å². The van der Waals surface area contributed by atoms with Crippen LogP contribution in [0.3, 0.4) is 0 Å². The Bertz CT molecular complexity index is 1230. The van der Waals surface area contributed by atoms with Crippen molar-refractivity contribution in [2.45, 2.75) is 58.4 Å². The lowest BCUT2D eigenvalue weighted by atomic mass is 10.0. The second-order valence-electron chi connectivity index (χ2n) is 9.48. The maximum absolute atomic E-state index is 13.5. The molecule has 1 fully saturated rings. The number of carbonyl (C=O) groups excluding carboxylic acids is 1. The molecule has 1 heterocycles. The molecule has 1 N–H and O–H groups in total. The molecule has 0 bridgehead atoms. The summed E-state index contributed by atoms with van der Waals surface area (Å²) in [6.07, 6.45) is -4.26. The van der Waals surface area contributed by atoms with Gasteiger partial charge in [0.05, 0.1) is 34.5 Å². The lowest BCUT2D eigenvalue weighted by molar-refractivity contribution is -0.137. The third-order valence-corrected chi connectivity index (χ3v) is 6.70. The molecule has 0 unspecified atom stereocenters. The molecule has 1 amide bonds. The summed E-state index contributed by atoms with van der Waals surface area (Å²) in [7, 11) is 0. The molecule has 0 saturated carbocycles. The van der Waals surface area contributed by atoms with E-state index < -0.39 is 28.7 Å². The Morgan fingerprint density at radius 3 is 2.51 bits per heavy atom. The van der Waals surface area contributed by atoms with E-state index in [4.69, 9.17) is 33.8 Å². The molecule has 0 aromatic heterocycles. The molecule has 6 nitrogen and oxygen atoms in total. The van der Waals surface area contributed by atoms with Gasteiger partial charge in [0.1, 0.15) is 11.3 Å². The predicted molar refractivity (Wildman–Crippen MR) is 141 cm³/mol. The van der Waals surface area contributed by atoms with E-state index in [1.165, 1.54) is 12.1 Å². The molecule has 0 atom stereocenters. The Morgan fingerprint density at radius 2 is 1.92 bits per heavy atom. The molecule has 0 spiro atoms. The van der Waals surface area contributed by atoms with Gasteiger partial charge < -0.3 is 15.0 Å². The number of carbonyl (C=O) groups is 1. The van der Waals surface area contributed by atoms with Gasteiger partial charge in [-0.3, -0.25) is 9.69 Å². The number of anilines is 1. The molecule has 1 saturated heterocycles. The summed E-state index contributed by atoms with van der Waals surface area (Å²) >= 11 is 11.9. The highest BCUT2D eigenvalue weighted by atomic mass is 35.5. The first-order chi connectivity index (χ1) is 17.3. The first-order valence-electron chi connectivity index (χ1n) is 11.7. The summed E-state index contributed by atoms with van der Waals surface area (Å²) in [6.45, 7) is 8.77. The van der Waals surface area contributed by atoms with Crippen molar-refractivity contribution in [2.24, 2.45) is 0 Å². The number of rotatable bonds is 9. The van der Waals surface area contributed by atoms with Crippen molar-refractivity contribution in [1.29, 1.82) is 5.26 Å². The predicted octanol–water partition coefficient (Wildman–Crippen LogP) is 5.91. The third kappa shape index (κ3) is 6.35. The molecular formula is C26H28ClF3N4O2S. The quantitative estimate of drug-likeness (QED) is 0.308. The minimum absolute atomic E-state index is 0.0352. The van der Waals surface area contributed by atoms with Gasteiger partial charge >= 0.3 is 6.18 Å². The number of thiocarbonyl (C=S) groups is 1.